The summed E-state index contributed by atoms with van der Waals surface area (Å²) in [5.41, 5.74) is 2.17. The van der Waals surface area contributed by atoms with Crippen molar-refractivity contribution in [3.05, 3.63) is 34.9 Å². The molecule has 0 saturated carbocycles. The van der Waals surface area contributed by atoms with Crippen LogP contribution in [0.3, 0.4) is 0 Å². The lowest BCUT2D eigenvalue weighted by Crippen LogP contribution is -2.44. The Hall–Kier alpha value is -2.38. The number of hydrogen-bond acceptors (Lipinski definition) is 5. The fraction of sp³-hybridized carbons (Fsp3) is 0.474. The summed E-state index contributed by atoms with van der Waals surface area (Å²) < 4.78 is 6.99. The molecule has 0 aliphatic carbocycles. The molecule has 1 aromatic carbocycles. The third-order valence-electron chi connectivity index (χ3n) is 5.25. The molecule has 0 spiro atoms. The zero-order valence-electron chi connectivity index (χ0n) is 15.4. The number of aromatic amines is 1. The fourth-order valence-electron chi connectivity index (χ4n) is 3.59. The minimum atomic E-state index is -0.0106. The van der Waals surface area contributed by atoms with Crippen LogP contribution in [0.25, 0.3) is 21.9 Å². The van der Waals surface area contributed by atoms with E-state index in [9.17, 15) is 4.79 Å². The fourth-order valence-corrected chi connectivity index (χ4v) is 3.59. The lowest BCUT2D eigenvalue weighted by molar-refractivity contribution is 0.151. The third kappa shape index (κ3) is 3.20. The van der Waals surface area contributed by atoms with Gasteiger partial charge in [-0.2, -0.15) is 0 Å². The molecule has 1 saturated heterocycles. The predicted molar refractivity (Wildman–Crippen MR) is 103 cm³/mol. The average Bonchev–Trinajstić information content (AvgIpc) is 3.04. The molecule has 7 heteroatoms. The number of H-pyrrole nitrogens is 1. The summed E-state index contributed by atoms with van der Waals surface area (Å²) in [7, 11) is 3.80. The van der Waals surface area contributed by atoms with Crippen LogP contribution < -0.4 is 10.3 Å². The molecule has 0 amide bonds. The average molecular weight is 355 g/mol. The van der Waals surface area contributed by atoms with Crippen LogP contribution in [0.5, 0.6) is 5.75 Å². The molecule has 1 fully saturated rings. The van der Waals surface area contributed by atoms with Gasteiger partial charge in [0.25, 0.3) is 5.56 Å². The van der Waals surface area contributed by atoms with Gasteiger partial charge in [-0.25, -0.2) is 4.98 Å². The minimum Gasteiger partial charge on any atom is -0.497 e. The van der Waals surface area contributed by atoms with Gasteiger partial charge in [0.15, 0.2) is 0 Å². The Kier molecular flexibility index (Phi) is 4.65. The minimum absolute atomic E-state index is 0.0106. The highest BCUT2D eigenvalue weighted by Crippen LogP contribution is 2.25. The number of nitrogens with one attached hydrogen (secondary N) is 1. The van der Waals surface area contributed by atoms with Gasteiger partial charge in [0.05, 0.1) is 13.4 Å². The smallest absolute Gasteiger partial charge is 0.277 e. The molecule has 26 heavy (non-hydrogen) atoms. The number of methoxy groups -OCH3 is 1. The number of ether oxygens (including phenoxy) is 1. The molecule has 7 nitrogen and oxygen atoms in total. The van der Waals surface area contributed by atoms with E-state index in [1.54, 1.807) is 18.0 Å². The molecule has 0 radical (unpaired) electrons. The molecule has 1 N–H and O–H groups in total. The molecule has 4 rings (SSSR count). The van der Waals surface area contributed by atoms with Crippen LogP contribution in [0.15, 0.2) is 29.3 Å². The third-order valence-corrected chi connectivity index (χ3v) is 5.25. The Labute approximate surface area is 152 Å². The van der Waals surface area contributed by atoms with E-state index in [4.69, 9.17) is 4.74 Å². The first-order valence-corrected chi connectivity index (χ1v) is 9.11. The summed E-state index contributed by atoms with van der Waals surface area (Å²) in [6.07, 6.45) is 2.62. The van der Waals surface area contributed by atoms with Gasteiger partial charge < -0.3 is 19.5 Å². The van der Waals surface area contributed by atoms with Crippen molar-refractivity contribution in [3.8, 4) is 5.75 Å². The topological polar surface area (TPSA) is 66.4 Å². The van der Waals surface area contributed by atoms with Crippen LogP contribution in [-0.4, -0.2) is 71.2 Å². The van der Waals surface area contributed by atoms with Gasteiger partial charge in [-0.15, -0.1) is 0 Å². The van der Waals surface area contributed by atoms with Crippen LogP contribution in [0.1, 0.15) is 6.42 Å². The number of aromatic nitrogens is 3. The zero-order chi connectivity index (χ0) is 18.1. The summed E-state index contributed by atoms with van der Waals surface area (Å²) in [5, 5.41) is 0.918. The number of hydrogen-bond donors (Lipinski definition) is 1. The van der Waals surface area contributed by atoms with Crippen LogP contribution in [-0.2, 0) is 6.54 Å². The van der Waals surface area contributed by atoms with E-state index in [1.807, 2.05) is 18.2 Å². The van der Waals surface area contributed by atoms with Gasteiger partial charge in [0.2, 0.25) is 0 Å². The van der Waals surface area contributed by atoms with Gasteiger partial charge in [0, 0.05) is 43.6 Å². The number of piperazine rings is 1. The molecule has 1 aliphatic heterocycles. The Morgan fingerprint density at radius 3 is 2.77 bits per heavy atom. The van der Waals surface area contributed by atoms with E-state index in [0.717, 1.165) is 55.8 Å². The van der Waals surface area contributed by atoms with Gasteiger partial charge in [-0.05, 0) is 38.2 Å². The van der Waals surface area contributed by atoms with E-state index < -0.39 is 0 Å². The number of rotatable bonds is 5. The van der Waals surface area contributed by atoms with Gasteiger partial charge >= 0.3 is 0 Å². The van der Waals surface area contributed by atoms with Gasteiger partial charge in [-0.3, -0.25) is 9.36 Å². The number of nitrogens with zero attached hydrogens (tertiary/aromatic N) is 4. The Morgan fingerprint density at radius 1 is 1.19 bits per heavy atom. The molecule has 2 aromatic heterocycles. The maximum atomic E-state index is 12.8. The van der Waals surface area contributed by atoms with Crippen LogP contribution in [0, 0.1) is 0 Å². The van der Waals surface area contributed by atoms with E-state index in [0.29, 0.717) is 17.6 Å². The molecule has 3 heterocycles. The summed E-state index contributed by atoms with van der Waals surface area (Å²) >= 11 is 0. The SMILES string of the molecule is COc1ccc2[nH]c3c(=O)n(CCCN4CCN(C)CC4)cnc3c2c1. The maximum Gasteiger partial charge on any atom is 0.277 e. The van der Waals surface area contributed by atoms with E-state index >= 15 is 0 Å². The second-order valence-corrected chi connectivity index (χ2v) is 7.00. The molecule has 138 valence electrons. The first kappa shape index (κ1) is 17.1. The lowest BCUT2D eigenvalue weighted by Gasteiger charge is -2.32. The van der Waals surface area contributed by atoms with Crippen molar-refractivity contribution in [1.29, 1.82) is 0 Å². The highest BCUT2D eigenvalue weighted by atomic mass is 16.5. The molecule has 1 aliphatic rings. The Balaban J connectivity index is 1.52. The molecule has 0 bridgehead atoms. The number of likely N-dealkylation sites (N-methyl/N-ethyl adjacent to an activating group) is 1. The van der Waals surface area contributed by atoms with Gasteiger partial charge in [0.1, 0.15) is 16.8 Å². The Bertz CT molecular complexity index is 969. The van der Waals surface area contributed by atoms with Crippen LogP contribution in [0.4, 0.5) is 0 Å². The van der Waals surface area contributed by atoms with Crippen molar-refractivity contribution >= 4 is 21.9 Å². The van der Waals surface area contributed by atoms with E-state index in [-0.39, 0.29) is 5.56 Å². The number of benzene rings is 1. The van der Waals surface area contributed by atoms with Crippen LogP contribution >= 0.6 is 0 Å². The molecular formula is C19H25N5O2. The zero-order valence-corrected chi connectivity index (χ0v) is 15.4. The molecule has 0 unspecified atom stereocenters. The maximum absolute atomic E-state index is 12.8. The standard InChI is InChI=1S/C19H25N5O2/c1-22-8-10-23(11-9-22)6-3-7-24-13-20-17-15-12-14(26-2)4-5-16(15)21-18(17)19(24)25/h4-5,12-13,21H,3,6-11H2,1-2H3. The molecular weight excluding hydrogens is 330 g/mol. The second-order valence-electron chi connectivity index (χ2n) is 7.00. The van der Waals surface area contributed by atoms with Crippen molar-refractivity contribution in [1.82, 2.24) is 24.3 Å². The second kappa shape index (κ2) is 7.09. The summed E-state index contributed by atoms with van der Waals surface area (Å²) in [6.45, 7) is 6.14. The van der Waals surface area contributed by atoms with E-state index in [1.165, 1.54) is 0 Å². The predicted octanol–water partition coefficient (Wildman–Crippen LogP) is 1.52. The molecule has 0 atom stereocenters. The van der Waals surface area contributed by atoms with E-state index in [2.05, 4.69) is 26.8 Å². The molecule has 3 aromatic rings. The summed E-state index contributed by atoms with van der Waals surface area (Å²) in [5.74, 6) is 0.761. The largest absolute Gasteiger partial charge is 0.497 e. The Morgan fingerprint density at radius 2 is 2.00 bits per heavy atom. The van der Waals surface area contributed by atoms with Gasteiger partial charge in [-0.1, -0.05) is 0 Å². The van der Waals surface area contributed by atoms with Crippen LogP contribution in [0.2, 0.25) is 0 Å². The lowest BCUT2D eigenvalue weighted by atomic mass is 10.2. The first-order chi connectivity index (χ1) is 12.7. The highest BCUT2D eigenvalue weighted by molar-refractivity contribution is 6.04. The van der Waals surface area contributed by atoms with Crippen molar-refractivity contribution in [2.75, 3.05) is 46.9 Å². The van der Waals surface area contributed by atoms with Crippen molar-refractivity contribution in [2.24, 2.45) is 0 Å². The normalized spacial score (nSPS) is 16.5. The highest BCUT2D eigenvalue weighted by Gasteiger charge is 2.14. The summed E-state index contributed by atoms with van der Waals surface area (Å²) in [6, 6.07) is 5.72. The first-order valence-electron chi connectivity index (χ1n) is 9.11. The monoisotopic (exact) mass is 355 g/mol. The number of fused-ring (bicyclic) bond motifs is 3. The van der Waals surface area contributed by atoms with Crippen molar-refractivity contribution < 1.29 is 4.74 Å². The summed E-state index contributed by atoms with van der Waals surface area (Å²) in [4.78, 5) is 25.4. The van der Waals surface area contributed by atoms with Crippen molar-refractivity contribution in [3.63, 3.8) is 0 Å². The number of aryl methyl sites for hydroxylation is 1. The van der Waals surface area contributed by atoms with Crippen molar-refractivity contribution in [2.45, 2.75) is 13.0 Å². The quantitative estimate of drug-likeness (QED) is 0.752.